The van der Waals surface area contributed by atoms with Gasteiger partial charge in [-0.15, -0.1) is 0 Å². The molecule has 0 aliphatic rings. The van der Waals surface area contributed by atoms with Gasteiger partial charge in [0.2, 0.25) is 0 Å². The van der Waals surface area contributed by atoms with Crippen molar-refractivity contribution in [3.63, 3.8) is 0 Å². The molecule has 0 aliphatic carbocycles. The molecule has 0 fully saturated rings. The van der Waals surface area contributed by atoms with Gasteiger partial charge in [-0.05, 0) is 26.1 Å². The Labute approximate surface area is 71.8 Å². The molecule has 3 heteroatoms. The van der Waals surface area contributed by atoms with Crippen molar-refractivity contribution in [2.45, 2.75) is 19.4 Å². The summed E-state index contributed by atoms with van der Waals surface area (Å²) in [6.45, 7) is 1.99. The van der Waals surface area contributed by atoms with Crippen LogP contribution < -0.4 is 5.32 Å². The fourth-order valence-electron chi connectivity index (χ4n) is 0.961. The van der Waals surface area contributed by atoms with Gasteiger partial charge in [0, 0.05) is 18.7 Å². The van der Waals surface area contributed by atoms with Crippen LogP contribution in [0.3, 0.4) is 0 Å². The first kappa shape index (κ1) is 9.13. The lowest BCUT2D eigenvalue weighted by atomic mass is 10.1. The molecule has 0 aliphatic heterocycles. The summed E-state index contributed by atoms with van der Waals surface area (Å²) in [5.74, 6) is -0.223. The molecule has 66 valence electrons. The van der Waals surface area contributed by atoms with Gasteiger partial charge in [0.25, 0.3) is 0 Å². The van der Waals surface area contributed by atoms with Crippen LogP contribution in [0.15, 0.2) is 18.3 Å². The van der Waals surface area contributed by atoms with Crippen molar-refractivity contribution < 1.29 is 4.39 Å². The summed E-state index contributed by atoms with van der Waals surface area (Å²) in [7, 11) is 1.85. The van der Waals surface area contributed by atoms with E-state index in [9.17, 15) is 4.39 Å². The molecule has 1 rings (SSSR count). The summed E-state index contributed by atoms with van der Waals surface area (Å²) >= 11 is 0. The number of nitrogens with zero attached hydrogens (tertiary/aromatic N) is 1. The third-order valence-electron chi connectivity index (χ3n) is 1.83. The molecule has 0 amide bonds. The van der Waals surface area contributed by atoms with Crippen LogP contribution in [-0.4, -0.2) is 18.1 Å². The molecular weight excluding hydrogens is 155 g/mol. The second-order valence-electron chi connectivity index (χ2n) is 2.83. The van der Waals surface area contributed by atoms with Crippen LogP contribution in [0.4, 0.5) is 4.39 Å². The van der Waals surface area contributed by atoms with Crippen molar-refractivity contribution in [3.05, 3.63) is 29.8 Å². The highest BCUT2D eigenvalue weighted by Gasteiger charge is 2.05. The van der Waals surface area contributed by atoms with Crippen LogP contribution in [0.2, 0.25) is 0 Å². The highest BCUT2D eigenvalue weighted by molar-refractivity contribution is 5.08. The maximum atomic E-state index is 13.0. The summed E-state index contributed by atoms with van der Waals surface area (Å²) in [5, 5.41) is 3.03. The van der Waals surface area contributed by atoms with E-state index >= 15 is 0 Å². The number of rotatable bonds is 3. The van der Waals surface area contributed by atoms with E-state index in [4.69, 9.17) is 0 Å². The molecule has 1 heterocycles. The lowest BCUT2D eigenvalue weighted by Crippen LogP contribution is -2.24. The molecule has 12 heavy (non-hydrogen) atoms. The van der Waals surface area contributed by atoms with Crippen molar-refractivity contribution in [2.75, 3.05) is 7.05 Å². The second-order valence-corrected chi connectivity index (χ2v) is 2.83. The van der Waals surface area contributed by atoms with Gasteiger partial charge in [-0.25, -0.2) is 4.39 Å². The molecule has 1 unspecified atom stereocenters. The quantitative estimate of drug-likeness (QED) is 0.737. The topological polar surface area (TPSA) is 24.9 Å². The minimum Gasteiger partial charge on any atom is -0.317 e. The van der Waals surface area contributed by atoms with E-state index in [0.29, 0.717) is 12.1 Å². The first-order valence-corrected chi connectivity index (χ1v) is 4.00. The average Bonchev–Trinajstić information content (AvgIpc) is 2.09. The number of aromatic nitrogens is 1. The van der Waals surface area contributed by atoms with Crippen molar-refractivity contribution in [1.29, 1.82) is 0 Å². The summed E-state index contributed by atoms with van der Waals surface area (Å²) in [6.07, 6.45) is 2.24. The fraction of sp³-hybridized carbons (Fsp3) is 0.444. The van der Waals surface area contributed by atoms with Crippen LogP contribution in [-0.2, 0) is 6.42 Å². The van der Waals surface area contributed by atoms with Gasteiger partial charge in [0.1, 0.15) is 5.82 Å². The monoisotopic (exact) mass is 168 g/mol. The molecule has 0 aromatic carbocycles. The first-order chi connectivity index (χ1) is 5.74. The molecule has 1 aromatic rings. The van der Waals surface area contributed by atoms with Gasteiger partial charge in [0.15, 0.2) is 0 Å². The Balaban J connectivity index is 2.69. The van der Waals surface area contributed by atoms with Crippen LogP contribution in [0.1, 0.15) is 12.6 Å². The molecule has 1 N–H and O–H groups in total. The Kier molecular flexibility index (Phi) is 3.17. The van der Waals surface area contributed by atoms with Gasteiger partial charge < -0.3 is 5.32 Å². The van der Waals surface area contributed by atoms with Crippen LogP contribution in [0.5, 0.6) is 0 Å². The van der Waals surface area contributed by atoms with Crippen molar-refractivity contribution in [3.8, 4) is 0 Å². The standard InChI is InChI=1S/C9H13FN2/c1-7(11-2)6-9-8(10)4-3-5-12-9/h3-5,7,11H,6H2,1-2H3. The Hall–Kier alpha value is -0.960. The summed E-state index contributed by atoms with van der Waals surface area (Å²) in [6, 6.07) is 3.29. The number of pyridine rings is 1. The Morgan fingerprint density at radius 1 is 1.67 bits per heavy atom. The molecule has 0 saturated heterocycles. The molecular formula is C9H13FN2. The molecule has 1 atom stereocenters. The van der Waals surface area contributed by atoms with Gasteiger partial charge in [-0.2, -0.15) is 0 Å². The zero-order valence-electron chi connectivity index (χ0n) is 7.34. The SMILES string of the molecule is CNC(C)Cc1ncccc1F. The third kappa shape index (κ3) is 2.27. The van der Waals surface area contributed by atoms with Crippen molar-refractivity contribution >= 4 is 0 Å². The van der Waals surface area contributed by atoms with E-state index in [1.54, 1.807) is 12.3 Å². The first-order valence-electron chi connectivity index (χ1n) is 4.00. The number of hydrogen-bond acceptors (Lipinski definition) is 2. The molecule has 1 aromatic heterocycles. The predicted molar refractivity (Wildman–Crippen MR) is 46.4 cm³/mol. The zero-order chi connectivity index (χ0) is 8.97. The molecule has 0 bridgehead atoms. The Morgan fingerprint density at radius 2 is 2.42 bits per heavy atom. The largest absolute Gasteiger partial charge is 0.317 e. The van der Waals surface area contributed by atoms with E-state index in [2.05, 4.69) is 10.3 Å². The fourth-order valence-corrected chi connectivity index (χ4v) is 0.961. The summed E-state index contributed by atoms with van der Waals surface area (Å²) < 4.78 is 13.0. The predicted octanol–water partition coefficient (Wildman–Crippen LogP) is 1.37. The maximum absolute atomic E-state index is 13.0. The summed E-state index contributed by atoms with van der Waals surface area (Å²) in [5.41, 5.74) is 0.527. The molecule has 0 spiro atoms. The molecule has 0 saturated carbocycles. The third-order valence-corrected chi connectivity index (χ3v) is 1.83. The van der Waals surface area contributed by atoms with E-state index in [1.165, 1.54) is 6.07 Å². The second kappa shape index (κ2) is 4.16. The van der Waals surface area contributed by atoms with E-state index < -0.39 is 0 Å². The normalized spacial score (nSPS) is 12.9. The van der Waals surface area contributed by atoms with Crippen molar-refractivity contribution in [2.24, 2.45) is 0 Å². The van der Waals surface area contributed by atoms with Crippen LogP contribution >= 0.6 is 0 Å². The van der Waals surface area contributed by atoms with E-state index in [-0.39, 0.29) is 11.9 Å². The number of nitrogens with one attached hydrogen (secondary N) is 1. The molecule has 2 nitrogen and oxygen atoms in total. The van der Waals surface area contributed by atoms with E-state index in [1.807, 2.05) is 14.0 Å². The lowest BCUT2D eigenvalue weighted by molar-refractivity contribution is 0.551. The van der Waals surface area contributed by atoms with Crippen LogP contribution in [0.25, 0.3) is 0 Å². The molecule has 0 radical (unpaired) electrons. The average molecular weight is 168 g/mol. The smallest absolute Gasteiger partial charge is 0.144 e. The summed E-state index contributed by atoms with van der Waals surface area (Å²) in [4.78, 5) is 3.95. The zero-order valence-corrected chi connectivity index (χ0v) is 7.34. The van der Waals surface area contributed by atoms with Crippen LogP contribution in [0, 0.1) is 5.82 Å². The highest BCUT2D eigenvalue weighted by atomic mass is 19.1. The van der Waals surface area contributed by atoms with Crippen molar-refractivity contribution in [1.82, 2.24) is 10.3 Å². The van der Waals surface area contributed by atoms with Gasteiger partial charge >= 0.3 is 0 Å². The Morgan fingerprint density at radius 3 is 3.00 bits per heavy atom. The number of likely N-dealkylation sites (N-methyl/N-ethyl adjacent to an activating group) is 1. The maximum Gasteiger partial charge on any atom is 0.144 e. The highest BCUT2D eigenvalue weighted by Crippen LogP contribution is 2.04. The number of hydrogen-bond donors (Lipinski definition) is 1. The minimum absolute atomic E-state index is 0.223. The Bertz CT molecular complexity index is 250. The lowest BCUT2D eigenvalue weighted by Gasteiger charge is -2.08. The minimum atomic E-state index is -0.223. The van der Waals surface area contributed by atoms with Gasteiger partial charge in [0.05, 0.1) is 5.69 Å². The van der Waals surface area contributed by atoms with Gasteiger partial charge in [-0.3, -0.25) is 4.98 Å². The van der Waals surface area contributed by atoms with Gasteiger partial charge in [-0.1, -0.05) is 0 Å². The van der Waals surface area contributed by atoms with E-state index in [0.717, 1.165) is 0 Å². The number of halogens is 1.